The lowest BCUT2D eigenvalue weighted by molar-refractivity contribution is -0.119. The molecular formula is C22H23F2N3O4. The number of carbonyl (C=O) groups is 2. The fourth-order valence-electron chi connectivity index (χ4n) is 3.89. The lowest BCUT2D eigenvalue weighted by Crippen LogP contribution is -2.24. The van der Waals surface area contributed by atoms with Crippen molar-refractivity contribution in [2.45, 2.75) is 52.2 Å². The summed E-state index contributed by atoms with van der Waals surface area (Å²) in [5.41, 5.74) is 2.09. The van der Waals surface area contributed by atoms with Crippen LogP contribution in [0.1, 0.15) is 58.9 Å². The van der Waals surface area contributed by atoms with Gasteiger partial charge in [-0.15, -0.1) is 0 Å². The molecule has 0 unspecified atom stereocenters. The lowest BCUT2D eigenvalue weighted by atomic mass is 10.2. The fraction of sp³-hybridized carbons (Fsp3) is 0.409. The van der Waals surface area contributed by atoms with Gasteiger partial charge in [0.05, 0.1) is 11.1 Å². The zero-order chi connectivity index (χ0) is 22.5. The van der Waals surface area contributed by atoms with Gasteiger partial charge in [0.15, 0.2) is 6.61 Å². The highest BCUT2D eigenvalue weighted by Crippen LogP contribution is 2.37. The maximum absolute atomic E-state index is 12.5. The maximum Gasteiger partial charge on any atom is 0.387 e. The zero-order valence-electron chi connectivity index (χ0n) is 17.3. The number of nitrogens with one attached hydrogen (secondary N) is 1. The summed E-state index contributed by atoms with van der Waals surface area (Å²) < 4.78 is 35.9. The van der Waals surface area contributed by atoms with Crippen LogP contribution in [0.15, 0.2) is 24.3 Å². The molecule has 0 saturated heterocycles. The predicted octanol–water partition coefficient (Wildman–Crippen LogP) is 4.49. The van der Waals surface area contributed by atoms with Crippen molar-refractivity contribution >= 4 is 17.7 Å². The molecule has 0 aliphatic heterocycles. The van der Waals surface area contributed by atoms with Gasteiger partial charge in [-0.3, -0.25) is 4.79 Å². The molecule has 1 aromatic heterocycles. The van der Waals surface area contributed by atoms with E-state index in [1.165, 1.54) is 18.2 Å². The van der Waals surface area contributed by atoms with Crippen LogP contribution < -0.4 is 10.1 Å². The summed E-state index contributed by atoms with van der Waals surface area (Å²) in [6.07, 6.45) is 4.11. The largest absolute Gasteiger partial charge is 0.452 e. The number of alkyl halides is 2. The van der Waals surface area contributed by atoms with Gasteiger partial charge >= 0.3 is 12.6 Å². The molecule has 9 heteroatoms. The van der Waals surface area contributed by atoms with Gasteiger partial charge in [-0.25, -0.2) is 4.79 Å². The summed E-state index contributed by atoms with van der Waals surface area (Å²) in [6.45, 7) is 0.147. The van der Waals surface area contributed by atoms with Crippen molar-refractivity contribution in [1.82, 2.24) is 4.57 Å². The minimum Gasteiger partial charge on any atom is -0.452 e. The van der Waals surface area contributed by atoms with Gasteiger partial charge < -0.3 is 19.4 Å². The number of amides is 1. The Bertz CT molecular complexity index is 1020. The summed E-state index contributed by atoms with van der Waals surface area (Å²) in [5.74, 6) is -1.22. The molecule has 0 spiro atoms. The van der Waals surface area contributed by atoms with E-state index in [9.17, 15) is 23.6 Å². The summed E-state index contributed by atoms with van der Waals surface area (Å²) >= 11 is 0. The average Bonchev–Trinajstić information content (AvgIpc) is 3.33. The number of nitriles is 1. The van der Waals surface area contributed by atoms with Gasteiger partial charge in [0.25, 0.3) is 5.91 Å². The van der Waals surface area contributed by atoms with Gasteiger partial charge in [0.2, 0.25) is 0 Å². The van der Waals surface area contributed by atoms with Crippen molar-refractivity contribution < 1.29 is 27.8 Å². The van der Waals surface area contributed by atoms with Crippen molar-refractivity contribution in [2.24, 2.45) is 0 Å². The van der Waals surface area contributed by atoms with E-state index in [1.54, 1.807) is 0 Å². The number of anilines is 1. The molecule has 1 heterocycles. The standard InChI is InChI=1S/C22H23F2N3O4/c1-13-14(2)27(16-7-3-4-8-16)20(18(13)11-25)26-19(28)12-30-21(29)15-6-5-9-17(10-15)31-22(23)24/h5-6,9-10,16,22H,3-4,7-8,12H2,1-2H3,(H,26,28). The molecule has 7 nitrogen and oxygen atoms in total. The highest BCUT2D eigenvalue weighted by atomic mass is 19.3. The molecule has 0 atom stereocenters. The topological polar surface area (TPSA) is 93.3 Å². The number of hydrogen-bond donors (Lipinski definition) is 1. The molecule has 1 aliphatic carbocycles. The average molecular weight is 431 g/mol. The van der Waals surface area contributed by atoms with Crippen LogP contribution in [0.25, 0.3) is 0 Å². The van der Waals surface area contributed by atoms with Crippen molar-refractivity contribution in [2.75, 3.05) is 11.9 Å². The monoisotopic (exact) mass is 431 g/mol. The number of esters is 1. The number of nitrogens with zero attached hydrogens (tertiary/aromatic N) is 2. The Morgan fingerprint density at radius 2 is 2.00 bits per heavy atom. The van der Waals surface area contributed by atoms with Crippen LogP contribution in [0, 0.1) is 25.2 Å². The van der Waals surface area contributed by atoms with Gasteiger partial charge in [0, 0.05) is 11.7 Å². The Morgan fingerprint density at radius 3 is 2.65 bits per heavy atom. The van der Waals surface area contributed by atoms with Crippen LogP contribution in [0.5, 0.6) is 5.75 Å². The maximum atomic E-state index is 12.5. The fourth-order valence-corrected chi connectivity index (χ4v) is 3.89. The third-order valence-electron chi connectivity index (χ3n) is 5.45. The van der Waals surface area contributed by atoms with Crippen molar-refractivity contribution in [1.29, 1.82) is 5.26 Å². The van der Waals surface area contributed by atoms with E-state index in [2.05, 4.69) is 16.1 Å². The Kier molecular flexibility index (Phi) is 6.90. The second kappa shape index (κ2) is 9.60. The molecule has 31 heavy (non-hydrogen) atoms. The van der Waals surface area contributed by atoms with Crippen molar-refractivity contribution in [3.05, 3.63) is 46.6 Å². The quantitative estimate of drug-likeness (QED) is 0.652. The summed E-state index contributed by atoms with van der Waals surface area (Å²) in [5, 5.41) is 12.3. The number of hydrogen-bond acceptors (Lipinski definition) is 5. The predicted molar refractivity (Wildman–Crippen MR) is 108 cm³/mol. The molecule has 1 aliphatic rings. The number of rotatable bonds is 7. The first-order chi connectivity index (χ1) is 14.8. The van der Waals surface area contributed by atoms with E-state index in [0.717, 1.165) is 43.0 Å². The second-order valence-corrected chi connectivity index (χ2v) is 7.38. The number of carbonyl (C=O) groups excluding carboxylic acids is 2. The van der Waals surface area contributed by atoms with Gasteiger partial charge in [0.1, 0.15) is 17.6 Å². The van der Waals surface area contributed by atoms with E-state index >= 15 is 0 Å². The summed E-state index contributed by atoms with van der Waals surface area (Å²) in [7, 11) is 0. The normalized spacial score (nSPS) is 13.8. The second-order valence-electron chi connectivity index (χ2n) is 7.38. The van der Waals surface area contributed by atoms with E-state index in [4.69, 9.17) is 4.74 Å². The summed E-state index contributed by atoms with van der Waals surface area (Å²) in [6, 6.07) is 7.47. The first-order valence-corrected chi connectivity index (χ1v) is 9.95. The first-order valence-electron chi connectivity index (χ1n) is 9.95. The molecule has 3 rings (SSSR count). The summed E-state index contributed by atoms with van der Waals surface area (Å²) in [4.78, 5) is 24.7. The minimum atomic E-state index is -3.02. The Morgan fingerprint density at radius 1 is 1.29 bits per heavy atom. The number of halogens is 2. The smallest absolute Gasteiger partial charge is 0.387 e. The molecule has 1 fully saturated rings. The Balaban J connectivity index is 1.70. The van der Waals surface area contributed by atoms with Crippen LogP contribution in [-0.4, -0.2) is 29.7 Å². The van der Waals surface area contributed by atoms with E-state index in [1.807, 2.05) is 18.4 Å². The van der Waals surface area contributed by atoms with Crippen molar-refractivity contribution in [3.8, 4) is 11.8 Å². The first kappa shape index (κ1) is 22.3. The number of aromatic nitrogens is 1. The lowest BCUT2D eigenvalue weighted by Gasteiger charge is -2.19. The SMILES string of the molecule is Cc1c(C#N)c(NC(=O)COC(=O)c2cccc(OC(F)F)c2)n(C2CCCC2)c1C. The highest BCUT2D eigenvalue weighted by molar-refractivity contribution is 5.96. The third kappa shape index (κ3) is 5.02. The number of benzene rings is 1. The molecule has 2 aromatic rings. The van der Waals surface area contributed by atoms with Gasteiger partial charge in [-0.1, -0.05) is 18.9 Å². The van der Waals surface area contributed by atoms with E-state index in [0.29, 0.717) is 11.4 Å². The molecule has 1 amide bonds. The highest BCUT2D eigenvalue weighted by Gasteiger charge is 2.27. The Labute approximate surface area is 178 Å². The number of ether oxygens (including phenoxy) is 2. The molecule has 0 bridgehead atoms. The van der Waals surface area contributed by atoms with Gasteiger partial charge in [-0.2, -0.15) is 14.0 Å². The van der Waals surface area contributed by atoms with Gasteiger partial charge in [-0.05, 0) is 50.5 Å². The van der Waals surface area contributed by atoms with Crippen LogP contribution in [0.2, 0.25) is 0 Å². The molecular weight excluding hydrogens is 408 g/mol. The van der Waals surface area contributed by atoms with Crippen LogP contribution in [-0.2, 0) is 9.53 Å². The third-order valence-corrected chi connectivity index (χ3v) is 5.45. The minimum absolute atomic E-state index is 0.0234. The molecule has 0 radical (unpaired) electrons. The van der Waals surface area contributed by atoms with Crippen LogP contribution in [0.4, 0.5) is 14.6 Å². The van der Waals surface area contributed by atoms with Crippen LogP contribution in [0.3, 0.4) is 0 Å². The molecule has 1 N–H and O–H groups in total. The van der Waals surface area contributed by atoms with E-state index in [-0.39, 0.29) is 17.4 Å². The van der Waals surface area contributed by atoms with E-state index < -0.39 is 25.1 Å². The molecule has 1 saturated carbocycles. The van der Waals surface area contributed by atoms with Crippen molar-refractivity contribution in [3.63, 3.8) is 0 Å². The Hall–Kier alpha value is -3.41. The van der Waals surface area contributed by atoms with Crippen LogP contribution >= 0.6 is 0 Å². The zero-order valence-corrected chi connectivity index (χ0v) is 17.3. The molecule has 1 aromatic carbocycles. The molecule has 164 valence electrons.